The Hall–Kier alpha value is -2.58. The number of ether oxygens (including phenoxy) is 1. The van der Waals surface area contributed by atoms with Crippen LogP contribution in [-0.2, 0) is 14.3 Å². The zero-order valence-electron chi connectivity index (χ0n) is 14.3. The number of nitrogens with one attached hydrogen (secondary N) is 2. The molecule has 0 spiro atoms. The molecule has 7 nitrogen and oxygen atoms in total. The van der Waals surface area contributed by atoms with Gasteiger partial charge >= 0.3 is 5.97 Å². The molecule has 27 heavy (non-hydrogen) atoms. The van der Waals surface area contributed by atoms with Gasteiger partial charge in [-0.05, 0) is 48.9 Å². The van der Waals surface area contributed by atoms with E-state index in [0.29, 0.717) is 10.7 Å². The number of nitrogens with two attached hydrogens (primary N) is 1. The van der Waals surface area contributed by atoms with Crippen LogP contribution in [0.2, 0.25) is 5.02 Å². The van der Waals surface area contributed by atoms with Crippen LogP contribution in [0.25, 0.3) is 0 Å². The maximum atomic E-state index is 11.9. The standard InChI is InChI=1S/C18H17BrClN3O4/c1-10-6-11(19)2-5-15(10)23-16(24)8-22-17(25)9-27-18(26)13-7-12(20)3-4-14(13)21/h2-7H,8-9,21H2,1H3,(H,22,25)(H,23,24). The highest BCUT2D eigenvalue weighted by Crippen LogP contribution is 2.20. The SMILES string of the molecule is Cc1cc(Br)ccc1NC(=O)CNC(=O)COC(=O)c1cc(Cl)ccc1N. The summed E-state index contributed by atoms with van der Waals surface area (Å²) >= 11 is 9.14. The summed E-state index contributed by atoms with van der Waals surface area (Å²) in [5.74, 6) is -1.80. The normalized spacial score (nSPS) is 10.2. The van der Waals surface area contributed by atoms with Gasteiger partial charge in [0.2, 0.25) is 5.91 Å². The average Bonchev–Trinajstić information content (AvgIpc) is 2.62. The summed E-state index contributed by atoms with van der Waals surface area (Å²) in [6.07, 6.45) is 0. The first kappa shape index (κ1) is 20.7. The summed E-state index contributed by atoms with van der Waals surface area (Å²) < 4.78 is 5.78. The lowest BCUT2D eigenvalue weighted by Crippen LogP contribution is -2.35. The van der Waals surface area contributed by atoms with Crippen molar-refractivity contribution in [2.24, 2.45) is 0 Å². The average molecular weight is 455 g/mol. The first-order chi connectivity index (χ1) is 12.8. The third-order valence-corrected chi connectivity index (χ3v) is 4.21. The van der Waals surface area contributed by atoms with Crippen LogP contribution >= 0.6 is 27.5 Å². The Kier molecular flexibility index (Phi) is 7.20. The van der Waals surface area contributed by atoms with Crippen LogP contribution in [0.15, 0.2) is 40.9 Å². The van der Waals surface area contributed by atoms with Gasteiger partial charge in [0.25, 0.3) is 5.91 Å². The first-order valence-electron chi connectivity index (χ1n) is 7.81. The number of nitrogen functional groups attached to an aromatic ring is 1. The van der Waals surface area contributed by atoms with Crippen molar-refractivity contribution >= 4 is 56.7 Å². The van der Waals surface area contributed by atoms with Crippen LogP contribution < -0.4 is 16.4 Å². The molecule has 0 aromatic heterocycles. The molecule has 0 fully saturated rings. The van der Waals surface area contributed by atoms with Crippen LogP contribution in [0.5, 0.6) is 0 Å². The molecule has 0 radical (unpaired) electrons. The summed E-state index contributed by atoms with van der Waals surface area (Å²) in [5.41, 5.74) is 7.44. The van der Waals surface area contributed by atoms with Gasteiger partial charge in [-0.25, -0.2) is 4.79 Å². The van der Waals surface area contributed by atoms with Crippen molar-refractivity contribution in [1.29, 1.82) is 0 Å². The summed E-state index contributed by atoms with van der Waals surface area (Å²) in [6, 6.07) is 9.75. The summed E-state index contributed by atoms with van der Waals surface area (Å²) in [5, 5.41) is 5.38. The van der Waals surface area contributed by atoms with Crippen molar-refractivity contribution < 1.29 is 19.1 Å². The van der Waals surface area contributed by atoms with Crippen molar-refractivity contribution in [3.05, 3.63) is 57.0 Å². The van der Waals surface area contributed by atoms with Crippen molar-refractivity contribution in [2.45, 2.75) is 6.92 Å². The zero-order valence-corrected chi connectivity index (χ0v) is 16.7. The number of anilines is 2. The maximum Gasteiger partial charge on any atom is 0.340 e. The van der Waals surface area contributed by atoms with Gasteiger partial charge in [0, 0.05) is 20.9 Å². The van der Waals surface area contributed by atoms with Crippen molar-refractivity contribution in [1.82, 2.24) is 5.32 Å². The van der Waals surface area contributed by atoms with Crippen LogP contribution in [0.3, 0.4) is 0 Å². The Morgan fingerprint density at radius 1 is 1.15 bits per heavy atom. The van der Waals surface area contributed by atoms with E-state index in [1.165, 1.54) is 18.2 Å². The molecule has 142 valence electrons. The molecular formula is C18H17BrClN3O4. The van der Waals surface area contributed by atoms with Gasteiger partial charge in [0.05, 0.1) is 12.1 Å². The van der Waals surface area contributed by atoms with Crippen LogP contribution in [0.1, 0.15) is 15.9 Å². The number of halogens is 2. The molecule has 0 aliphatic carbocycles. The first-order valence-corrected chi connectivity index (χ1v) is 8.98. The van der Waals surface area contributed by atoms with Crippen LogP contribution in [0, 0.1) is 6.92 Å². The minimum absolute atomic E-state index is 0.0683. The molecule has 0 saturated heterocycles. The quantitative estimate of drug-likeness (QED) is 0.459. The number of carbonyl (C=O) groups is 3. The second-order valence-corrected chi connectivity index (χ2v) is 6.94. The van der Waals surface area contributed by atoms with E-state index < -0.39 is 24.4 Å². The van der Waals surface area contributed by atoms with Gasteiger partial charge in [0.15, 0.2) is 6.61 Å². The highest BCUT2D eigenvalue weighted by molar-refractivity contribution is 9.10. The number of carbonyl (C=O) groups excluding carboxylic acids is 3. The Morgan fingerprint density at radius 2 is 1.89 bits per heavy atom. The molecule has 0 aliphatic heterocycles. The largest absolute Gasteiger partial charge is 0.452 e. The molecule has 2 aromatic rings. The van der Waals surface area contributed by atoms with Gasteiger partial charge in [0.1, 0.15) is 0 Å². The lowest BCUT2D eigenvalue weighted by atomic mass is 10.2. The number of esters is 1. The monoisotopic (exact) mass is 453 g/mol. The lowest BCUT2D eigenvalue weighted by Gasteiger charge is -2.10. The van der Waals surface area contributed by atoms with E-state index in [4.69, 9.17) is 22.1 Å². The molecular weight excluding hydrogens is 438 g/mol. The van der Waals surface area contributed by atoms with E-state index in [2.05, 4.69) is 26.6 Å². The highest BCUT2D eigenvalue weighted by Gasteiger charge is 2.14. The van der Waals surface area contributed by atoms with E-state index in [9.17, 15) is 14.4 Å². The molecule has 0 unspecified atom stereocenters. The zero-order chi connectivity index (χ0) is 20.0. The second-order valence-electron chi connectivity index (χ2n) is 5.59. The van der Waals surface area contributed by atoms with E-state index in [-0.39, 0.29) is 17.8 Å². The minimum Gasteiger partial charge on any atom is -0.452 e. The Labute approximate surface area is 169 Å². The van der Waals surface area contributed by atoms with E-state index >= 15 is 0 Å². The number of rotatable bonds is 6. The molecule has 0 saturated carbocycles. The fraction of sp³-hybridized carbons (Fsp3) is 0.167. The van der Waals surface area contributed by atoms with Crippen LogP contribution in [-0.4, -0.2) is 30.9 Å². The molecule has 2 aromatic carbocycles. The minimum atomic E-state index is -0.778. The maximum absolute atomic E-state index is 11.9. The Morgan fingerprint density at radius 3 is 2.59 bits per heavy atom. The van der Waals surface area contributed by atoms with Crippen molar-refractivity contribution in [2.75, 3.05) is 24.2 Å². The van der Waals surface area contributed by atoms with E-state index in [1.54, 1.807) is 12.1 Å². The molecule has 9 heteroatoms. The fourth-order valence-electron chi connectivity index (χ4n) is 2.11. The molecule has 0 bridgehead atoms. The third-order valence-electron chi connectivity index (χ3n) is 3.48. The number of hydrogen-bond donors (Lipinski definition) is 3. The van der Waals surface area contributed by atoms with Crippen molar-refractivity contribution in [3.63, 3.8) is 0 Å². The van der Waals surface area contributed by atoms with Gasteiger partial charge < -0.3 is 21.1 Å². The number of aryl methyl sites for hydroxylation is 1. The van der Waals surface area contributed by atoms with Crippen LogP contribution in [0.4, 0.5) is 11.4 Å². The summed E-state index contributed by atoms with van der Waals surface area (Å²) in [7, 11) is 0. The van der Waals surface area contributed by atoms with E-state index in [0.717, 1.165) is 10.0 Å². The van der Waals surface area contributed by atoms with Gasteiger partial charge in [-0.3, -0.25) is 9.59 Å². The smallest absolute Gasteiger partial charge is 0.340 e. The van der Waals surface area contributed by atoms with E-state index in [1.807, 2.05) is 13.0 Å². The predicted molar refractivity (Wildman–Crippen MR) is 107 cm³/mol. The molecule has 0 heterocycles. The van der Waals surface area contributed by atoms with Gasteiger partial charge in [-0.15, -0.1) is 0 Å². The third kappa shape index (κ3) is 6.26. The fourth-order valence-corrected chi connectivity index (χ4v) is 2.75. The molecule has 2 amide bonds. The lowest BCUT2D eigenvalue weighted by molar-refractivity contribution is -0.126. The molecule has 4 N–H and O–H groups in total. The topological polar surface area (TPSA) is 111 Å². The Bertz CT molecular complexity index is 889. The summed E-state index contributed by atoms with van der Waals surface area (Å²) in [6.45, 7) is 1.04. The number of amides is 2. The second kappa shape index (κ2) is 9.38. The highest BCUT2D eigenvalue weighted by atomic mass is 79.9. The molecule has 0 atom stereocenters. The molecule has 0 aliphatic rings. The van der Waals surface area contributed by atoms with Gasteiger partial charge in [-0.1, -0.05) is 27.5 Å². The number of hydrogen-bond acceptors (Lipinski definition) is 5. The number of benzene rings is 2. The molecule has 2 rings (SSSR count). The van der Waals surface area contributed by atoms with Gasteiger partial charge in [-0.2, -0.15) is 0 Å². The van der Waals surface area contributed by atoms with Crippen molar-refractivity contribution in [3.8, 4) is 0 Å². The Balaban J connectivity index is 1.79. The predicted octanol–water partition coefficient (Wildman–Crippen LogP) is 2.90. The summed E-state index contributed by atoms with van der Waals surface area (Å²) in [4.78, 5) is 35.6.